The molecule has 0 aromatic carbocycles. The van der Waals surface area contributed by atoms with Crippen LogP contribution >= 0.6 is 0 Å². The minimum atomic E-state index is -0.906. The third kappa shape index (κ3) is 8.28. The van der Waals surface area contributed by atoms with Crippen molar-refractivity contribution in [2.24, 2.45) is 0 Å². The van der Waals surface area contributed by atoms with Crippen LogP contribution in [0.5, 0.6) is 0 Å². The van der Waals surface area contributed by atoms with Gasteiger partial charge in [0.05, 0.1) is 12.8 Å². The van der Waals surface area contributed by atoms with Gasteiger partial charge in [-0.25, -0.2) is 0 Å². The van der Waals surface area contributed by atoms with Crippen molar-refractivity contribution in [1.82, 2.24) is 0 Å². The molecule has 0 aliphatic rings. The highest BCUT2D eigenvalue weighted by Gasteiger charge is 2.23. The molecule has 0 aliphatic carbocycles. The van der Waals surface area contributed by atoms with E-state index in [-0.39, 0.29) is 18.6 Å². The average Bonchev–Trinajstić information content (AvgIpc) is 2.21. The largest absolute Gasteiger partial charge is 0.481 e. The van der Waals surface area contributed by atoms with Crippen LogP contribution in [0.15, 0.2) is 0 Å². The lowest BCUT2D eigenvalue weighted by atomic mass is 10.4. The lowest BCUT2D eigenvalue weighted by molar-refractivity contribution is -0.137. The summed E-state index contributed by atoms with van der Waals surface area (Å²) in [7, 11) is -0.407. The Morgan fingerprint density at radius 2 is 1.44 bits per heavy atom. The van der Waals surface area contributed by atoms with Gasteiger partial charge in [0.1, 0.15) is 11.5 Å². The second-order valence-electron chi connectivity index (χ2n) is 3.34. The van der Waals surface area contributed by atoms with E-state index in [4.69, 9.17) is 10.2 Å². The first-order valence-electron chi connectivity index (χ1n) is 5.05. The molecule has 0 saturated heterocycles. The number of rotatable bonds is 9. The van der Waals surface area contributed by atoms with Crippen molar-refractivity contribution >= 4 is 28.6 Å². The number of aliphatic carboxylic acids is 2. The second kappa shape index (κ2) is 8.15. The van der Waals surface area contributed by atoms with Crippen molar-refractivity contribution in [3.63, 3.8) is 0 Å². The Hall–Kier alpha value is -1.04. The number of carbonyl (C=O) groups excluding carboxylic acids is 1. The molecule has 2 N–H and O–H groups in total. The molecule has 0 radical (unpaired) electrons. The van der Waals surface area contributed by atoms with Crippen LogP contribution in [0.2, 0.25) is 0 Å². The molecule has 0 fully saturated rings. The summed E-state index contributed by atoms with van der Waals surface area (Å²) < 4.78 is 0. The molecule has 0 aromatic rings. The number of carboxylic acids is 2. The van der Waals surface area contributed by atoms with Crippen LogP contribution in [0.3, 0.4) is 0 Å². The van der Waals surface area contributed by atoms with E-state index >= 15 is 0 Å². The molecule has 6 heteroatoms. The Bertz CT molecular complexity index is 246. The van der Waals surface area contributed by atoms with Crippen molar-refractivity contribution < 1.29 is 24.6 Å². The molecule has 0 saturated carbocycles. The fraction of sp³-hybridized carbons (Fsp3) is 0.700. The maximum atomic E-state index is 11.2. The summed E-state index contributed by atoms with van der Waals surface area (Å²) in [5, 5.41) is 17.1. The predicted molar refractivity (Wildman–Crippen MR) is 61.8 cm³/mol. The number of hydrogen-bond donors (Lipinski definition) is 2. The van der Waals surface area contributed by atoms with Gasteiger partial charge in [-0.1, -0.05) is 6.92 Å². The van der Waals surface area contributed by atoms with E-state index in [2.05, 4.69) is 0 Å². The Morgan fingerprint density at radius 1 is 1.00 bits per heavy atom. The first-order valence-corrected chi connectivity index (χ1v) is 6.78. The van der Waals surface area contributed by atoms with E-state index in [1.165, 1.54) is 0 Å². The fourth-order valence-corrected chi connectivity index (χ4v) is 3.12. The summed E-state index contributed by atoms with van der Waals surface area (Å²) in [4.78, 5) is 32.0. The number of carboxylic acid groups (broad SMARTS) is 2. The van der Waals surface area contributed by atoms with Crippen LogP contribution in [0, 0.1) is 0 Å². The van der Waals surface area contributed by atoms with E-state index in [0.29, 0.717) is 23.7 Å². The molecule has 92 valence electrons. The zero-order chi connectivity index (χ0) is 12.6. The number of hydrogen-bond acceptors (Lipinski definition) is 3. The average molecular weight is 249 g/mol. The quantitative estimate of drug-likeness (QED) is 0.582. The maximum Gasteiger partial charge on any atom is 0.308 e. The monoisotopic (exact) mass is 249 g/mol. The first kappa shape index (κ1) is 15.0. The summed E-state index contributed by atoms with van der Waals surface area (Å²) in [5.74, 6) is -0.632. The summed E-state index contributed by atoms with van der Waals surface area (Å²) in [6, 6.07) is 0. The van der Waals surface area contributed by atoms with Gasteiger partial charge < -0.3 is 10.2 Å². The van der Waals surface area contributed by atoms with Gasteiger partial charge in [0.15, 0.2) is 11.5 Å². The molecular formula is C10H17O5S+. The molecule has 0 rings (SSSR count). The Morgan fingerprint density at radius 3 is 1.75 bits per heavy atom. The van der Waals surface area contributed by atoms with Gasteiger partial charge in [0.25, 0.3) is 0 Å². The minimum absolute atomic E-state index is 0.000273. The van der Waals surface area contributed by atoms with Crippen molar-refractivity contribution in [2.75, 3.05) is 17.3 Å². The zero-order valence-electron chi connectivity index (χ0n) is 9.27. The molecule has 0 aromatic heterocycles. The number of carbonyl (C=O) groups is 3. The van der Waals surface area contributed by atoms with Crippen molar-refractivity contribution in [3.05, 3.63) is 0 Å². The van der Waals surface area contributed by atoms with Gasteiger partial charge in [-0.05, 0) is 10.9 Å². The highest BCUT2D eigenvalue weighted by atomic mass is 32.2. The van der Waals surface area contributed by atoms with Crippen LogP contribution in [0.25, 0.3) is 0 Å². The van der Waals surface area contributed by atoms with Crippen molar-refractivity contribution in [1.29, 1.82) is 0 Å². The van der Waals surface area contributed by atoms with Gasteiger partial charge in [-0.2, -0.15) is 0 Å². The van der Waals surface area contributed by atoms with Crippen molar-refractivity contribution in [2.45, 2.75) is 26.2 Å². The molecule has 5 nitrogen and oxygen atoms in total. The molecule has 0 bridgehead atoms. The SMILES string of the molecule is CCC(=O)C[S+](CCC(=O)O)CCC(=O)O. The van der Waals surface area contributed by atoms with E-state index in [1.54, 1.807) is 6.92 Å². The highest BCUT2D eigenvalue weighted by Crippen LogP contribution is 2.04. The second-order valence-corrected chi connectivity index (χ2v) is 5.67. The van der Waals surface area contributed by atoms with E-state index in [9.17, 15) is 14.4 Å². The van der Waals surface area contributed by atoms with Gasteiger partial charge in [0, 0.05) is 6.42 Å². The lowest BCUT2D eigenvalue weighted by Gasteiger charge is -2.05. The molecule has 0 spiro atoms. The van der Waals surface area contributed by atoms with Crippen LogP contribution in [-0.2, 0) is 25.3 Å². The van der Waals surface area contributed by atoms with Gasteiger partial charge in [-0.3, -0.25) is 14.4 Å². The molecule has 16 heavy (non-hydrogen) atoms. The molecular weight excluding hydrogens is 232 g/mol. The summed E-state index contributed by atoms with van der Waals surface area (Å²) >= 11 is 0. The van der Waals surface area contributed by atoms with Gasteiger partial charge in [0.2, 0.25) is 0 Å². The normalized spacial score (nSPS) is 10.4. The number of ketones is 1. The van der Waals surface area contributed by atoms with Crippen LogP contribution in [-0.4, -0.2) is 45.2 Å². The Labute approximate surface area is 97.2 Å². The Balaban J connectivity index is 4.09. The minimum Gasteiger partial charge on any atom is -0.481 e. The molecule has 0 atom stereocenters. The first-order chi connectivity index (χ1) is 7.45. The van der Waals surface area contributed by atoms with Crippen LogP contribution < -0.4 is 0 Å². The summed E-state index contributed by atoms with van der Waals surface area (Å²) in [5.41, 5.74) is 0. The fourth-order valence-electron chi connectivity index (χ4n) is 1.04. The third-order valence-electron chi connectivity index (χ3n) is 1.97. The molecule has 0 amide bonds. The molecule has 0 unspecified atom stereocenters. The van der Waals surface area contributed by atoms with Gasteiger partial charge in [-0.15, -0.1) is 0 Å². The van der Waals surface area contributed by atoms with Crippen LogP contribution in [0.4, 0.5) is 0 Å². The zero-order valence-corrected chi connectivity index (χ0v) is 10.1. The molecule has 0 aliphatic heterocycles. The number of Topliss-reactive ketones (excluding diaryl/α,β-unsaturated/α-hetero) is 1. The van der Waals surface area contributed by atoms with E-state index < -0.39 is 22.8 Å². The van der Waals surface area contributed by atoms with Gasteiger partial charge >= 0.3 is 11.9 Å². The maximum absolute atomic E-state index is 11.2. The molecule has 0 heterocycles. The lowest BCUT2D eigenvalue weighted by Crippen LogP contribution is -2.24. The highest BCUT2D eigenvalue weighted by molar-refractivity contribution is 7.97. The topological polar surface area (TPSA) is 91.7 Å². The Kier molecular flexibility index (Phi) is 7.62. The van der Waals surface area contributed by atoms with E-state index in [0.717, 1.165) is 0 Å². The van der Waals surface area contributed by atoms with E-state index in [1.807, 2.05) is 0 Å². The third-order valence-corrected chi connectivity index (χ3v) is 4.26. The standard InChI is InChI=1S/C10H16O5S/c1-2-8(11)7-16(5-3-9(12)13)6-4-10(14)15/h2-7H2,1H3,(H-,12,13,14,15)/p+1. The van der Waals surface area contributed by atoms with Crippen molar-refractivity contribution in [3.8, 4) is 0 Å². The predicted octanol–water partition coefficient (Wildman–Crippen LogP) is 0.533. The smallest absolute Gasteiger partial charge is 0.308 e. The van der Waals surface area contributed by atoms with Crippen LogP contribution in [0.1, 0.15) is 26.2 Å². The summed E-state index contributed by atoms with van der Waals surface area (Å²) in [6.45, 7) is 1.75. The summed E-state index contributed by atoms with van der Waals surface area (Å²) in [6.07, 6.45) is 0.420.